The summed E-state index contributed by atoms with van der Waals surface area (Å²) in [5.74, 6) is -0.433. The summed E-state index contributed by atoms with van der Waals surface area (Å²) in [4.78, 5) is 31.9. The molecule has 3 rings (SSSR count). The molecule has 0 atom stereocenters. The van der Waals surface area contributed by atoms with Crippen LogP contribution in [0.1, 0.15) is 40.0 Å². The number of imidazole rings is 1. The normalized spacial score (nSPS) is 11.0. The van der Waals surface area contributed by atoms with Crippen LogP contribution in [0.15, 0.2) is 48.7 Å². The fourth-order valence-electron chi connectivity index (χ4n) is 3.06. The molecule has 0 spiro atoms. The van der Waals surface area contributed by atoms with Crippen molar-refractivity contribution in [2.75, 3.05) is 32.5 Å². The van der Waals surface area contributed by atoms with Gasteiger partial charge in [0.1, 0.15) is 0 Å². The van der Waals surface area contributed by atoms with Gasteiger partial charge >= 0.3 is 0 Å². The van der Waals surface area contributed by atoms with Gasteiger partial charge in [0.2, 0.25) is 5.82 Å². The topological polar surface area (TPSA) is 78.7 Å². The van der Waals surface area contributed by atoms with Gasteiger partial charge in [-0.3, -0.25) is 14.0 Å². The molecule has 2 N–H and O–H groups in total. The van der Waals surface area contributed by atoms with Crippen LogP contribution in [0.4, 0.5) is 5.69 Å². The van der Waals surface area contributed by atoms with Crippen LogP contribution in [-0.4, -0.2) is 53.3 Å². The summed E-state index contributed by atoms with van der Waals surface area (Å²) < 4.78 is 1.65. The molecule has 0 aliphatic carbocycles. The minimum absolute atomic E-state index is 0.205. The summed E-state index contributed by atoms with van der Waals surface area (Å²) in [6.45, 7) is 3.51. The fourth-order valence-corrected chi connectivity index (χ4v) is 3.06. The van der Waals surface area contributed by atoms with E-state index >= 15 is 0 Å². The van der Waals surface area contributed by atoms with Crippen LogP contribution in [0.2, 0.25) is 0 Å². The van der Waals surface area contributed by atoms with Crippen LogP contribution >= 0.6 is 0 Å². The largest absolute Gasteiger partial charge is 0.349 e. The van der Waals surface area contributed by atoms with Gasteiger partial charge in [-0.2, -0.15) is 0 Å². The second-order valence-electron chi connectivity index (χ2n) is 7.16. The summed E-state index contributed by atoms with van der Waals surface area (Å²) >= 11 is 0. The van der Waals surface area contributed by atoms with Gasteiger partial charge in [-0.05, 0) is 63.3 Å². The van der Waals surface area contributed by atoms with E-state index in [0.717, 1.165) is 19.4 Å². The van der Waals surface area contributed by atoms with E-state index in [2.05, 4.69) is 27.4 Å². The van der Waals surface area contributed by atoms with Gasteiger partial charge in [-0.1, -0.05) is 25.1 Å². The quantitative estimate of drug-likeness (QED) is 0.577. The Kier molecular flexibility index (Phi) is 6.61. The lowest BCUT2D eigenvalue weighted by atomic mass is 10.1. The van der Waals surface area contributed by atoms with Gasteiger partial charge in [0, 0.05) is 18.4 Å². The average Bonchev–Trinajstić information content (AvgIpc) is 3.11. The number of nitrogens with zero attached hydrogens (tertiary/aromatic N) is 3. The van der Waals surface area contributed by atoms with E-state index in [4.69, 9.17) is 0 Å². The third-order valence-corrected chi connectivity index (χ3v) is 4.65. The number of nitrogens with one attached hydrogen (secondary N) is 2. The monoisotopic (exact) mass is 393 g/mol. The molecule has 2 heterocycles. The van der Waals surface area contributed by atoms with Crippen molar-refractivity contribution in [2.45, 2.75) is 19.8 Å². The zero-order valence-corrected chi connectivity index (χ0v) is 17.1. The molecule has 152 valence electrons. The Hall–Kier alpha value is -3.19. The first-order valence-corrected chi connectivity index (χ1v) is 9.80. The van der Waals surface area contributed by atoms with Crippen molar-refractivity contribution in [1.29, 1.82) is 0 Å². The fraction of sp³-hybridized carbons (Fsp3) is 0.318. The molecule has 7 heteroatoms. The minimum Gasteiger partial charge on any atom is -0.349 e. The Morgan fingerprint density at radius 3 is 2.52 bits per heavy atom. The maximum Gasteiger partial charge on any atom is 0.287 e. The minimum atomic E-state index is -0.343. The summed E-state index contributed by atoms with van der Waals surface area (Å²) in [5, 5.41) is 5.75. The van der Waals surface area contributed by atoms with Crippen LogP contribution in [0.5, 0.6) is 0 Å². The van der Waals surface area contributed by atoms with Crippen LogP contribution in [-0.2, 0) is 6.42 Å². The molecule has 0 fully saturated rings. The molecule has 0 saturated heterocycles. The summed E-state index contributed by atoms with van der Waals surface area (Å²) in [5.41, 5.74) is 2.71. The number of carbonyl (C=O) groups excluding carboxylic acids is 2. The Morgan fingerprint density at radius 2 is 1.83 bits per heavy atom. The van der Waals surface area contributed by atoms with E-state index in [1.165, 1.54) is 5.56 Å². The van der Waals surface area contributed by atoms with Crippen molar-refractivity contribution < 1.29 is 9.59 Å². The number of anilines is 1. The predicted molar refractivity (Wildman–Crippen MR) is 114 cm³/mol. The number of amides is 2. The molecule has 7 nitrogen and oxygen atoms in total. The maximum atomic E-state index is 12.8. The highest BCUT2D eigenvalue weighted by Gasteiger charge is 2.21. The highest BCUT2D eigenvalue weighted by molar-refractivity contribution is 6.08. The molecule has 3 aromatic rings. The SMILES string of the molecule is CCc1ccc(NC(=O)c2nc(C(=O)NCCCN(C)C)n3ccccc23)cc1. The number of carbonyl (C=O) groups is 2. The highest BCUT2D eigenvalue weighted by Crippen LogP contribution is 2.16. The Morgan fingerprint density at radius 1 is 1.07 bits per heavy atom. The van der Waals surface area contributed by atoms with E-state index in [1.54, 1.807) is 16.7 Å². The first-order valence-electron chi connectivity index (χ1n) is 9.80. The van der Waals surface area contributed by atoms with Crippen LogP contribution in [0.25, 0.3) is 5.52 Å². The van der Waals surface area contributed by atoms with Crippen molar-refractivity contribution in [2.24, 2.45) is 0 Å². The number of hydrogen-bond donors (Lipinski definition) is 2. The van der Waals surface area contributed by atoms with E-state index in [9.17, 15) is 9.59 Å². The zero-order valence-electron chi connectivity index (χ0n) is 17.1. The second-order valence-corrected chi connectivity index (χ2v) is 7.16. The molecule has 0 saturated carbocycles. The molecule has 0 aliphatic heterocycles. The van der Waals surface area contributed by atoms with Crippen LogP contribution in [0.3, 0.4) is 0 Å². The molecule has 1 aromatic carbocycles. The van der Waals surface area contributed by atoms with Gasteiger partial charge < -0.3 is 15.5 Å². The predicted octanol–water partition coefficient (Wildman–Crippen LogP) is 2.83. The molecule has 2 aromatic heterocycles. The molecular weight excluding hydrogens is 366 g/mol. The average molecular weight is 393 g/mol. The van der Waals surface area contributed by atoms with E-state index in [0.29, 0.717) is 17.7 Å². The first kappa shape index (κ1) is 20.5. The first-order chi connectivity index (χ1) is 14.0. The lowest BCUT2D eigenvalue weighted by Gasteiger charge is -2.09. The standard InChI is InChI=1S/C22H27N5O2/c1-4-16-9-11-17(12-10-16)24-21(28)19-18-8-5-6-15-27(18)20(25-19)22(29)23-13-7-14-26(2)3/h5-6,8-12,15H,4,7,13-14H2,1-3H3,(H,23,29)(H,24,28). The number of pyridine rings is 1. The van der Waals surface area contributed by atoms with E-state index in [-0.39, 0.29) is 23.3 Å². The Balaban J connectivity index is 1.79. The van der Waals surface area contributed by atoms with Crippen molar-refractivity contribution in [3.63, 3.8) is 0 Å². The van der Waals surface area contributed by atoms with Crippen molar-refractivity contribution >= 4 is 23.0 Å². The highest BCUT2D eigenvalue weighted by atomic mass is 16.2. The summed E-state index contributed by atoms with van der Waals surface area (Å²) in [6, 6.07) is 13.1. The number of hydrogen-bond acceptors (Lipinski definition) is 4. The molecule has 0 bridgehead atoms. The maximum absolute atomic E-state index is 12.8. The third-order valence-electron chi connectivity index (χ3n) is 4.65. The number of benzene rings is 1. The lowest BCUT2D eigenvalue weighted by molar-refractivity contribution is 0.0941. The smallest absolute Gasteiger partial charge is 0.287 e. The molecule has 29 heavy (non-hydrogen) atoms. The van der Waals surface area contributed by atoms with Gasteiger partial charge in [-0.25, -0.2) is 4.98 Å². The number of fused-ring (bicyclic) bond motifs is 1. The number of aryl methyl sites for hydroxylation is 1. The van der Waals surface area contributed by atoms with Crippen molar-refractivity contribution in [3.8, 4) is 0 Å². The van der Waals surface area contributed by atoms with Gasteiger partial charge in [-0.15, -0.1) is 0 Å². The molecule has 0 aliphatic rings. The molecular formula is C22H27N5O2. The number of rotatable bonds is 8. The van der Waals surface area contributed by atoms with Gasteiger partial charge in [0.25, 0.3) is 11.8 Å². The molecule has 0 radical (unpaired) electrons. The summed E-state index contributed by atoms with van der Waals surface area (Å²) in [6.07, 6.45) is 3.51. The molecule has 0 unspecified atom stereocenters. The molecule has 2 amide bonds. The number of aromatic nitrogens is 2. The third kappa shape index (κ3) is 5.00. The van der Waals surface area contributed by atoms with Crippen molar-refractivity contribution in [3.05, 3.63) is 65.7 Å². The second kappa shape index (κ2) is 9.34. The van der Waals surface area contributed by atoms with Gasteiger partial charge in [0.15, 0.2) is 5.69 Å². The zero-order chi connectivity index (χ0) is 20.8. The summed E-state index contributed by atoms with van der Waals surface area (Å²) in [7, 11) is 3.98. The van der Waals surface area contributed by atoms with Crippen molar-refractivity contribution in [1.82, 2.24) is 19.6 Å². The van der Waals surface area contributed by atoms with E-state index in [1.807, 2.05) is 50.5 Å². The van der Waals surface area contributed by atoms with E-state index < -0.39 is 0 Å². The van der Waals surface area contributed by atoms with Crippen LogP contribution < -0.4 is 10.6 Å². The Labute approximate surface area is 170 Å². The van der Waals surface area contributed by atoms with Gasteiger partial charge in [0.05, 0.1) is 5.52 Å². The van der Waals surface area contributed by atoms with Crippen LogP contribution in [0, 0.1) is 0 Å². The Bertz CT molecular complexity index is 992. The lowest BCUT2D eigenvalue weighted by Crippen LogP contribution is -2.28.